The van der Waals surface area contributed by atoms with Crippen LogP contribution in [0.5, 0.6) is 0 Å². The van der Waals surface area contributed by atoms with E-state index in [1.54, 1.807) is 4.31 Å². The second-order valence-corrected chi connectivity index (χ2v) is 7.62. The number of nitrogens with zero attached hydrogens (tertiary/aromatic N) is 1. The van der Waals surface area contributed by atoms with Gasteiger partial charge in [0.25, 0.3) is 10.2 Å². The van der Waals surface area contributed by atoms with Crippen molar-refractivity contribution in [2.24, 2.45) is 5.92 Å². The van der Waals surface area contributed by atoms with Crippen molar-refractivity contribution < 1.29 is 8.42 Å². The SMILES string of the molecule is CC1CCCN(S(=O)(=O)NCCC2=CCCCC2)C1. The summed E-state index contributed by atoms with van der Waals surface area (Å²) in [4.78, 5) is 0. The third kappa shape index (κ3) is 4.58. The Balaban J connectivity index is 1.78. The summed E-state index contributed by atoms with van der Waals surface area (Å²) in [5.41, 5.74) is 1.42. The molecule has 4 nitrogen and oxygen atoms in total. The van der Waals surface area contributed by atoms with Gasteiger partial charge in [0.1, 0.15) is 0 Å². The van der Waals surface area contributed by atoms with Crippen LogP contribution in [0.3, 0.4) is 0 Å². The van der Waals surface area contributed by atoms with Gasteiger partial charge >= 0.3 is 0 Å². The van der Waals surface area contributed by atoms with Gasteiger partial charge in [-0.2, -0.15) is 12.7 Å². The summed E-state index contributed by atoms with van der Waals surface area (Å²) in [5.74, 6) is 0.478. The van der Waals surface area contributed by atoms with Gasteiger partial charge in [0.2, 0.25) is 0 Å². The maximum absolute atomic E-state index is 12.2. The van der Waals surface area contributed by atoms with E-state index >= 15 is 0 Å². The lowest BCUT2D eigenvalue weighted by molar-refractivity contribution is 0.278. The highest BCUT2D eigenvalue weighted by Crippen LogP contribution is 2.20. The lowest BCUT2D eigenvalue weighted by atomic mass is 9.97. The number of rotatable bonds is 5. The Bertz CT molecular complexity index is 417. The van der Waals surface area contributed by atoms with Crippen molar-refractivity contribution in [2.45, 2.75) is 51.9 Å². The van der Waals surface area contributed by atoms with Crippen LogP contribution >= 0.6 is 0 Å². The predicted octanol–water partition coefficient (Wildman–Crippen LogP) is 2.44. The van der Waals surface area contributed by atoms with Crippen LogP contribution < -0.4 is 4.72 Å². The highest BCUT2D eigenvalue weighted by Gasteiger charge is 2.26. The van der Waals surface area contributed by atoms with Crippen molar-refractivity contribution in [3.63, 3.8) is 0 Å². The Hall–Kier alpha value is -0.390. The first-order chi connectivity index (χ1) is 9.08. The fourth-order valence-electron chi connectivity index (χ4n) is 2.93. The molecule has 2 rings (SSSR count). The largest absolute Gasteiger partial charge is 0.279 e. The lowest BCUT2D eigenvalue weighted by Crippen LogP contribution is -2.45. The van der Waals surface area contributed by atoms with Crippen LogP contribution in [0, 0.1) is 5.92 Å². The van der Waals surface area contributed by atoms with Crippen LogP contribution in [-0.4, -0.2) is 32.4 Å². The Labute approximate surface area is 117 Å². The van der Waals surface area contributed by atoms with Gasteiger partial charge in [-0.05, 0) is 50.9 Å². The molecule has 0 amide bonds. The van der Waals surface area contributed by atoms with E-state index in [-0.39, 0.29) is 0 Å². The second kappa shape index (κ2) is 6.86. The molecule has 0 aromatic heterocycles. The van der Waals surface area contributed by atoms with Crippen LogP contribution in [0.25, 0.3) is 0 Å². The summed E-state index contributed by atoms with van der Waals surface area (Å²) < 4.78 is 28.7. The molecule has 1 saturated heterocycles. The summed E-state index contributed by atoms with van der Waals surface area (Å²) in [6.07, 6.45) is 10.1. The summed E-state index contributed by atoms with van der Waals surface area (Å²) in [5, 5.41) is 0. The zero-order chi connectivity index (χ0) is 13.7. The molecular weight excluding hydrogens is 260 g/mol. The van der Waals surface area contributed by atoms with Gasteiger partial charge in [-0.3, -0.25) is 0 Å². The smallest absolute Gasteiger partial charge is 0.202 e. The molecule has 110 valence electrons. The van der Waals surface area contributed by atoms with E-state index < -0.39 is 10.2 Å². The van der Waals surface area contributed by atoms with Crippen molar-refractivity contribution in [1.29, 1.82) is 0 Å². The number of allylic oxidation sites excluding steroid dienone is 1. The molecule has 1 N–H and O–H groups in total. The first kappa shape index (κ1) is 15.0. The number of nitrogens with one attached hydrogen (secondary N) is 1. The first-order valence-electron chi connectivity index (χ1n) is 7.50. The third-order valence-corrected chi connectivity index (χ3v) is 5.66. The summed E-state index contributed by atoms with van der Waals surface area (Å²) in [6, 6.07) is 0. The van der Waals surface area contributed by atoms with Crippen molar-refractivity contribution in [1.82, 2.24) is 9.03 Å². The minimum Gasteiger partial charge on any atom is -0.202 e. The molecule has 1 fully saturated rings. The fourth-order valence-corrected chi connectivity index (χ4v) is 4.29. The Kier molecular flexibility index (Phi) is 5.42. The maximum atomic E-state index is 12.2. The van der Waals surface area contributed by atoms with E-state index in [0.29, 0.717) is 25.6 Å². The van der Waals surface area contributed by atoms with E-state index in [4.69, 9.17) is 0 Å². The standard InChI is InChI=1S/C14H26N2O2S/c1-13-6-5-11-16(12-13)19(17,18)15-10-9-14-7-3-2-4-8-14/h7,13,15H,2-6,8-12H2,1H3. The molecule has 0 radical (unpaired) electrons. The van der Waals surface area contributed by atoms with E-state index in [1.807, 2.05) is 0 Å². The molecule has 0 bridgehead atoms. The Morgan fingerprint density at radius 2 is 2.21 bits per heavy atom. The number of piperidine rings is 1. The third-order valence-electron chi connectivity index (χ3n) is 4.08. The highest BCUT2D eigenvalue weighted by atomic mass is 32.2. The molecule has 0 aromatic rings. The minimum atomic E-state index is -3.26. The zero-order valence-electron chi connectivity index (χ0n) is 11.9. The molecule has 0 spiro atoms. The quantitative estimate of drug-likeness (QED) is 0.789. The van der Waals surface area contributed by atoms with Crippen LogP contribution in [-0.2, 0) is 10.2 Å². The highest BCUT2D eigenvalue weighted by molar-refractivity contribution is 7.87. The van der Waals surface area contributed by atoms with Gasteiger partial charge < -0.3 is 0 Å². The molecule has 1 aliphatic heterocycles. The van der Waals surface area contributed by atoms with Crippen molar-refractivity contribution >= 4 is 10.2 Å². The first-order valence-corrected chi connectivity index (χ1v) is 8.94. The van der Waals surface area contributed by atoms with E-state index in [1.165, 1.54) is 18.4 Å². The van der Waals surface area contributed by atoms with E-state index in [9.17, 15) is 8.42 Å². The van der Waals surface area contributed by atoms with Crippen LogP contribution in [0.1, 0.15) is 51.9 Å². The second-order valence-electron chi connectivity index (χ2n) is 5.86. The van der Waals surface area contributed by atoms with E-state index in [0.717, 1.165) is 32.1 Å². The molecule has 2 aliphatic rings. The van der Waals surface area contributed by atoms with Gasteiger partial charge in [0.05, 0.1) is 0 Å². The van der Waals surface area contributed by atoms with Crippen molar-refractivity contribution in [2.75, 3.05) is 19.6 Å². The van der Waals surface area contributed by atoms with Crippen molar-refractivity contribution in [3.8, 4) is 0 Å². The topological polar surface area (TPSA) is 49.4 Å². The molecule has 1 atom stereocenters. The van der Waals surface area contributed by atoms with E-state index in [2.05, 4.69) is 17.7 Å². The van der Waals surface area contributed by atoms with Gasteiger partial charge in [-0.25, -0.2) is 4.72 Å². The Morgan fingerprint density at radius 1 is 1.37 bits per heavy atom. The van der Waals surface area contributed by atoms with Crippen LogP contribution in [0.2, 0.25) is 0 Å². The van der Waals surface area contributed by atoms with Gasteiger partial charge in [0, 0.05) is 19.6 Å². The predicted molar refractivity (Wildman–Crippen MR) is 78.1 cm³/mol. The monoisotopic (exact) mass is 286 g/mol. The molecule has 0 saturated carbocycles. The number of hydrogen-bond donors (Lipinski definition) is 1. The average molecular weight is 286 g/mol. The molecule has 1 heterocycles. The summed E-state index contributed by atoms with van der Waals surface area (Å²) >= 11 is 0. The van der Waals surface area contributed by atoms with Gasteiger partial charge in [-0.15, -0.1) is 0 Å². The minimum absolute atomic E-state index is 0.478. The Morgan fingerprint density at radius 3 is 2.89 bits per heavy atom. The maximum Gasteiger partial charge on any atom is 0.279 e. The van der Waals surface area contributed by atoms with Crippen LogP contribution in [0.4, 0.5) is 0 Å². The zero-order valence-corrected chi connectivity index (χ0v) is 12.7. The normalized spacial score (nSPS) is 26.2. The van der Waals surface area contributed by atoms with Gasteiger partial charge in [0.15, 0.2) is 0 Å². The molecule has 0 aromatic carbocycles. The fraction of sp³-hybridized carbons (Fsp3) is 0.857. The lowest BCUT2D eigenvalue weighted by Gasteiger charge is -2.30. The average Bonchev–Trinajstić information content (AvgIpc) is 2.40. The van der Waals surface area contributed by atoms with Crippen LogP contribution in [0.15, 0.2) is 11.6 Å². The summed E-state index contributed by atoms with van der Waals surface area (Å²) in [7, 11) is -3.26. The van der Waals surface area contributed by atoms with Gasteiger partial charge in [-0.1, -0.05) is 18.6 Å². The molecule has 1 aliphatic carbocycles. The molecule has 1 unspecified atom stereocenters. The summed E-state index contributed by atoms with van der Waals surface area (Å²) in [6.45, 7) is 3.99. The number of hydrogen-bond acceptors (Lipinski definition) is 2. The molecule has 19 heavy (non-hydrogen) atoms. The molecule has 5 heteroatoms. The van der Waals surface area contributed by atoms with Crippen molar-refractivity contribution in [3.05, 3.63) is 11.6 Å². The molecular formula is C14H26N2O2S.